The number of hydrogen-bond donors (Lipinski definition) is 2. The van der Waals surface area contributed by atoms with Crippen molar-refractivity contribution in [2.45, 2.75) is 33.6 Å². The first-order chi connectivity index (χ1) is 6.14. The van der Waals surface area contributed by atoms with Gasteiger partial charge in [-0.3, -0.25) is 0 Å². The van der Waals surface area contributed by atoms with Crippen molar-refractivity contribution in [1.82, 2.24) is 10.6 Å². The second-order valence-corrected chi connectivity index (χ2v) is 5.07. The molecule has 1 fully saturated rings. The zero-order valence-electron chi connectivity index (χ0n) is 9.32. The van der Waals surface area contributed by atoms with Gasteiger partial charge in [-0.15, -0.1) is 0 Å². The second kappa shape index (κ2) is 4.97. The third-order valence-corrected chi connectivity index (χ3v) is 2.83. The molecule has 1 rings (SSSR count). The lowest BCUT2D eigenvalue weighted by atomic mass is 9.88. The molecule has 0 saturated carbocycles. The molecule has 0 aliphatic carbocycles. The summed E-state index contributed by atoms with van der Waals surface area (Å²) in [6.07, 6.45) is 2.61. The van der Waals surface area contributed by atoms with Crippen LogP contribution in [0.1, 0.15) is 33.6 Å². The minimum absolute atomic E-state index is 0.478. The average molecular weight is 184 g/mol. The van der Waals surface area contributed by atoms with E-state index in [1.165, 1.54) is 32.5 Å². The van der Waals surface area contributed by atoms with E-state index in [-0.39, 0.29) is 0 Å². The first kappa shape index (κ1) is 11.0. The van der Waals surface area contributed by atoms with Crippen molar-refractivity contribution in [1.29, 1.82) is 0 Å². The van der Waals surface area contributed by atoms with E-state index >= 15 is 0 Å². The first-order valence-corrected chi connectivity index (χ1v) is 5.55. The molecule has 0 radical (unpaired) electrons. The van der Waals surface area contributed by atoms with Crippen LogP contribution in [0, 0.1) is 11.3 Å². The minimum atomic E-state index is 0.478. The Morgan fingerprint density at radius 3 is 2.54 bits per heavy atom. The average Bonchev–Trinajstić information content (AvgIpc) is 1.94. The molecule has 1 heterocycles. The van der Waals surface area contributed by atoms with Gasteiger partial charge in [-0.05, 0) is 17.8 Å². The molecule has 0 unspecified atom stereocenters. The van der Waals surface area contributed by atoms with Gasteiger partial charge >= 0.3 is 0 Å². The molecule has 1 aliphatic rings. The standard InChI is InChI=1S/C11H24N2/c1-4-5-11(2,3)9-13-8-10-6-12-7-10/h10,12-13H,4-9H2,1-3H3. The first-order valence-electron chi connectivity index (χ1n) is 5.55. The molecule has 0 aromatic rings. The van der Waals surface area contributed by atoms with Crippen molar-refractivity contribution in [3.63, 3.8) is 0 Å². The van der Waals surface area contributed by atoms with Crippen molar-refractivity contribution in [2.75, 3.05) is 26.2 Å². The monoisotopic (exact) mass is 184 g/mol. The van der Waals surface area contributed by atoms with Crippen LogP contribution in [0.25, 0.3) is 0 Å². The molecule has 0 spiro atoms. The molecule has 1 aliphatic heterocycles. The third kappa shape index (κ3) is 4.10. The van der Waals surface area contributed by atoms with Gasteiger partial charge in [0, 0.05) is 26.2 Å². The number of nitrogens with one attached hydrogen (secondary N) is 2. The van der Waals surface area contributed by atoms with E-state index in [1.807, 2.05) is 0 Å². The molecule has 0 bridgehead atoms. The fourth-order valence-corrected chi connectivity index (χ4v) is 1.87. The quantitative estimate of drug-likeness (QED) is 0.655. The van der Waals surface area contributed by atoms with Crippen LogP contribution in [0.15, 0.2) is 0 Å². The van der Waals surface area contributed by atoms with Gasteiger partial charge in [0.2, 0.25) is 0 Å². The maximum absolute atomic E-state index is 3.57. The summed E-state index contributed by atoms with van der Waals surface area (Å²) in [4.78, 5) is 0. The highest BCUT2D eigenvalue weighted by Crippen LogP contribution is 2.20. The summed E-state index contributed by atoms with van der Waals surface area (Å²) in [5.41, 5.74) is 0.478. The van der Waals surface area contributed by atoms with Gasteiger partial charge in [0.15, 0.2) is 0 Å². The molecule has 0 atom stereocenters. The lowest BCUT2D eigenvalue weighted by molar-refractivity contribution is 0.275. The molecule has 2 N–H and O–H groups in total. The molecular weight excluding hydrogens is 160 g/mol. The highest BCUT2D eigenvalue weighted by atomic mass is 15.0. The minimum Gasteiger partial charge on any atom is -0.316 e. The van der Waals surface area contributed by atoms with Crippen LogP contribution in [0.4, 0.5) is 0 Å². The molecule has 78 valence electrons. The van der Waals surface area contributed by atoms with E-state index < -0.39 is 0 Å². The molecule has 0 aromatic carbocycles. The van der Waals surface area contributed by atoms with Crippen LogP contribution in [-0.4, -0.2) is 26.2 Å². The Bertz CT molecular complexity index is 139. The maximum Gasteiger partial charge on any atom is 0.000403 e. The van der Waals surface area contributed by atoms with Gasteiger partial charge in [0.25, 0.3) is 0 Å². The highest BCUT2D eigenvalue weighted by molar-refractivity contribution is 4.78. The topological polar surface area (TPSA) is 24.1 Å². The summed E-state index contributed by atoms with van der Waals surface area (Å²) in [5.74, 6) is 0.887. The lowest BCUT2D eigenvalue weighted by Crippen LogP contribution is -2.48. The van der Waals surface area contributed by atoms with Crippen LogP contribution in [0.5, 0.6) is 0 Å². The van der Waals surface area contributed by atoms with Crippen molar-refractivity contribution < 1.29 is 0 Å². The largest absolute Gasteiger partial charge is 0.316 e. The van der Waals surface area contributed by atoms with Crippen LogP contribution in [0.3, 0.4) is 0 Å². The fraction of sp³-hybridized carbons (Fsp3) is 1.00. The van der Waals surface area contributed by atoms with E-state index in [1.54, 1.807) is 0 Å². The molecule has 13 heavy (non-hydrogen) atoms. The molecule has 1 saturated heterocycles. The van der Waals surface area contributed by atoms with Crippen molar-refractivity contribution in [3.8, 4) is 0 Å². The summed E-state index contributed by atoms with van der Waals surface area (Å²) in [6.45, 7) is 11.7. The van der Waals surface area contributed by atoms with Gasteiger partial charge in [0.1, 0.15) is 0 Å². The second-order valence-electron chi connectivity index (χ2n) is 5.07. The summed E-state index contributed by atoms with van der Waals surface area (Å²) >= 11 is 0. The van der Waals surface area contributed by atoms with Gasteiger partial charge in [-0.25, -0.2) is 0 Å². The zero-order chi connectivity index (χ0) is 9.73. The lowest BCUT2D eigenvalue weighted by Gasteiger charge is -2.30. The molecule has 0 aromatic heterocycles. The van der Waals surface area contributed by atoms with Crippen molar-refractivity contribution >= 4 is 0 Å². The Labute approximate surface area is 82.5 Å². The maximum atomic E-state index is 3.57. The summed E-state index contributed by atoms with van der Waals surface area (Å²) < 4.78 is 0. The Morgan fingerprint density at radius 1 is 1.38 bits per heavy atom. The summed E-state index contributed by atoms with van der Waals surface area (Å²) in [7, 11) is 0. The van der Waals surface area contributed by atoms with E-state index in [4.69, 9.17) is 0 Å². The number of hydrogen-bond acceptors (Lipinski definition) is 2. The Morgan fingerprint density at radius 2 is 2.08 bits per heavy atom. The van der Waals surface area contributed by atoms with Crippen LogP contribution < -0.4 is 10.6 Å². The smallest absolute Gasteiger partial charge is 0.000403 e. The Balaban J connectivity index is 2.02. The highest BCUT2D eigenvalue weighted by Gasteiger charge is 2.19. The number of rotatable bonds is 6. The van der Waals surface area contributed by atoms with Gasteiger partial charge in [-0.2, -0.15) is 0 Å². The Kier molecular flexibility index (Phi) is 4.20. The summed E-state index contributed by atoms with van der Waals surface area (Å²) in [5, 5.41) is 6.87. The van der Waals surface area contributed by atoms with Gasteiger partial charge < -0.3 is 10.6 Å². The van der Waals surface area contributed by atoms with Gasteiger partial charge in [0.05, 0.1) is 0 Å². The van der Waals surface area contributed by atoms with E-state index in [9.17, 15) is 0 Å². The van der Waals surface area contributed by atoms with E-state index in [0.717, 1.165) is 12.5 Å². The molecular formula is C11H24N2. The Hall–Kier alpha value is -0.0800. The molecule has 0 amide bonds. The molecule has 2 nitrogen and oxygen atoms in total. The van der Waals surface area contributed by atoms with Crippen molar-refractivity contribution in [3.05, 3.63) is 0 Å². The van der Waals surface area contributed by atoms with Gasteiger partial charge in [-0.1, -0.05) is 27.2 Å². The summed E-state index contributed by atoms with van der Waals surface area (Å²) in [6, 6.07) is 0. The van der Waals surface area contributed by atoms with E-state index in [2.05, 4.69) is 31.4 Å². The SMILES string of the molecule is CCCC(C)(C)CNCC1CNC1. The predicted molar refractivity (Wildman–Crippen MR) is 57.9 cm³/mol. The van der Waals surface area contributed by atoms with Crippen LogP contribution >= 0.6 is 0 Å². The zero-order valence-corrected chi connectivity index (χ0v) is 9.32. The van der Waals surface area contributed by atoms with Crippen LogP contribution in [0.2, 0.25) is 0 Å². The van der Waals surface area contributed by atoms with E-state index in [0.29, 0.717) is 5.41 Å². The third-order valence-electron chi connectivity index (χ3n) is 2.83. The van der Waals surface area contributed by atoms with Crippen LogP contribution in [-0.2, 0) is 0 Å². The van der Waals surface area contributed by atoms with Crippen molar-refractivity contribution in [2.24, 2.45) is 11.3 Å². The normalized spacial score (nSPS) is 18.7. The fourth-order valence-electron chi connectivity index (χ4n) is 1.87. The predicted octanol–water partition coefficient (Wildman–Crippen LogP) is 1.62. The molecule has 2 heteroatoms.